The highest BCUT2D eigenvalue weighted by molar-refractivity contribution is 6.45. The minimum absolute atomic E-state index is 0. The third-order valence-corrected chi connectivity index (χ3v) is 9.38. The number of carbonyl (C=O) groups excluding carboxylic acids is 4. The summed E-state index contributed by atoms with van der Waals surface area (Å²) in [6.07, 6.45) is 0.506. The van der Waals surface area contributed by atoms with E-state index < -0.39 is 36.1 Å². The molecular formula is C45H44N4O9. The summed E-state index contributed by atoms with van der Waals surface area (Å²) in [5, 5.41) is 10.8. The van der Waals surface area contributed by atoms with Crippen LogP contribution in [0.4, 0.5) is 0 Å². The fraction of sp³-hybridized carbons (Fsp3) is 0.178. The lowest BCUT2D eigenvalue weighted by Gasteiger charge is -2.11. The topological polar surface area (TPSA) is 195 Å². The van der Waals surface area contributed by atoms with Gasteiger partial charge in [0, 0.05) is 29.7 Å². The Balaban J connectivity index is 0.000000217. The van der Waals surface area contributed by atoms with E-state index in [0.717, 1.165) is 27.7 Å². The highest BCUT2D eigenvalue weighted by atomic mass is 16.6. The third kappa shape index (κ3) is 8.68. The molecule has 0 fully saturated rings. The minimum atomic E-state index is -1.07. The SMILES string of the molecule is C.CCc1c(C(=O)C(N)=O)c2c(OCC(=O)OC)cccc2n1Cc1ccccc1.NC(=O)c1cccc2c1c1c(OCC(=O)O)cccc1n2Cc1ccccc1. The standard InChI is InChI=1S/C22H22N2O5.C22H18N2O4.CH4/c1-3-15-20(21(26)22(23)27)19-16(24(15)12-14-8-5-4-6-9-14)10-7-11-17(19)29-13-18(25)28-2;23-22(27)15-8-4-9-16-20(15)21-17(10-5-11-18(21)28-13-19(25)26)24(16)12-14-6-2-1-3-7-14;/h4-11H,3,12-13H2,1-2H3,(H2,23,27);1-11H,12-13H2,(H2,23,27)(H,25,26);1H4. The molecule has 7 rings (SSSR count). The van der Waals surface area contributed by atoms with E-state index in [0.29, 0.717) is 58.4 Å². The molecule has 0 aliphatic rings. The van der Waals surface area contributed by atoms with Crippen molar-refractivity contribution < 1.29 is 43.3 Å². The number of aromatic nitrogens is 2. The van der Waals surface area contributed by atoms with Gasteiger partial charge in [-0.25, -0.2) is 9.59 Å². The number of carbonyl (C=O) groups is 5. The second-order valence-corrected chi connectivity index (χ2v) is 12.9. The number of hydrogen-bond acceptors (Lipinski definition) is 8. The molecule has 13 heteroatoms. The second kappa shape index (κ2) is 18.5. The largest absolute Gasteiger partial charge is 0.481 e. The van der Waals surface area contributed by atoms with Crippen molar-refractivity contribution in [2.75, 3.05) is 20.3 Å². The van der Waals surface area contributed by atoms with Crippen LogP contribution in [0.3, 0.4) is 0 Å². The zero-order valence-electron chi connectivity index (χ0n) is 31.3. The first-order chi connectivity index (χ1) is 27.5. The summed E-state index contributed by atoms with van der Waals surface area (Å²) in [4.78, 5) is 59.1. The molecule has 0 spiro atoms. The Kier molecular flexibility index (Phi) is 13.3. The Morgan fingerprint density at radius 3 is 1.64 bits per heavy atom. The maximum absolute atomic E-state index is 12.7. The van der Waals surface area contributed by atoms with E-state index in [1.54, 1.807) is 30.3 Å². The summed E-state index contributed by atoms with van der Waals surface area (Å²) in [5.74, 6) is -3.26. The molecule has 13 nitrogen and oxygen atoms in total. The molecular weight excluding hydrogens is 741 g/mol. The molecule has 0 unspecified atom stereocenters. The first-order valence-corrected chi connectivity index (χ1v) is 18.0. The van der Waals surface area contributed by atoms with E-state index in [1.165, 1.54) is 7.11 Å². The van der Waals surface area contributed by atoms with Crippen LogP contribution >= 0.6 is 0 Å². The van der Waals surface area contributed by atoms with Gasteiger partial charge in [0.2, 0.25) is 5.91 Å². The maximum Gasteiger partial charge on any atom is 0.343 e. The number of primary amides is 2. The van der Waals surface area contributed by atoms with Crippen molar-refractivity contribution in [3.63, 3.8) is 0 Å². The van der Waals surface area contributed by atoms with Crippen LogP contribution in [0.1, 0.15) is 51.9 Å². The molecule has 2 amide bonds. The van der Waals surface area contributed by atoms with Gasteiger partial charge in [0.1, 0.15) is 11.5 Å². The number of nitrogens with two attached hydrogens (primary N) is 2. The van der Waals surface area contributed by atoms with Crippen LogP contribution in [0, 0.1) is 0 Å². The van der Waals surface area contributed by atoms with E-state index in [9.17, 15) is 24.0 Å². The molecule has 5 aromatic carbocycles. The fourth-order valence-corrected chi connectivity index (χ4v) is 6.97. The monoisotopic (exact) mass is 784 g/mol. The highest BCUT2D eigenvalue weighted by Crippen LogP contribution is 2.38. The van der Waals surface area contributed by atoms with E-state index in [-0.39, 0.29) is 19.6 Å². The average molecular weight is 785 g/mol. The number of esters is 1. The minimum Gasteiger partial charge on any atom is -0.481 e. The van der Waals surface area contributed by atoms with Crippen molar-refractivity contribution >= 4 is 62.2 Å². The molecule has 0 aliphatic carbocycles. The lowest BCUT2D eigenvalue weighted by Crippen LogP contribution is -2.24. The quantitative estimate of drug-likeness (QED) is 0.0626. The van der Waals surface area contributed by atoms with Gasteiger partial charge in [-0.15, -0.1) is 0 Å². The number of benzene rings is 5. The highest BCUT2D eigenvalue weighted by Gasteiger charge is 2.27. The number of ether oxygens (including phenoxy) is 3. The lowest BCUT2D eigenvalue weighted by molar-refractivity contribution is -0.143. The molecule has 58 heavy (non-hydrogen) atoms. The van der Waals surface area contributed by atoms with Crippen molar-refractivity contribution in [3.8, 4) is 11.5 Å². The van der Waals surface area contributed by atoms with Crippen LogP contribution in [0.25, 0.3) is 32.7 Å². The molecule has 2 heterocycles. The Morgan fingerprint density at radius 2 is 1.12 bits per heavy atom. The predicted molar refractivity (Wildman–Crippen MR) is 221 cm³/mol. The smallest absolute Gasteiger partial charge is 0.343 e. The molecule has 0 radical (unpaired) electrons. The van der Waals surface area contributed by atoms with E-state index >= 15 is 0 Å². The zero-order valence-corrected chi connectivity index (χ0v) is 31.3. The van der Waals surface area contributed by atoms with Crippen LogP contribution in [-0.4, -0.2) is 64.1 Å². The molecule has 7 aromatic rings. The van der Waals surface area contributed by atoms with Crippen molar-refractivity contribution in [2.45, 2.75) is 33.9 Å². The summed E-state index contributed by atoms with van der Waals surface area (Å²) in [7, 11) is 1.26. The average Bonchev–Trinajstić information content (AvgIpc) is 3.72. The number of amides is 2. The number of carboxylic acid groups (broad SMARTS) is 1. The molecule has 2 aromatic heterocycles. The Hall–Kier alpha value is -7.41. The number of ketones is 1. The Bertz CT molecular complexity index is 2630. The van der Waals surface area contributed by atoms with Gasteiger partial charge in [-0.1, -0.05) is 93.2 Å². The Morgan fingerprint density at radius 1 is 0.621 bits per heavy atom. The first kappa shape index (κ1) is 41.7. The molecule has 298 valence electrons. The van der Waals surface area contributed by atoms with Crippen LogP contribution in [0.2, 0.25) is 0 Å². The first-order valence-electron chi connectivity index (χ1n) is 18.0. The second-order valence-electron chi connectivity index (χ2n) is 12.9. The van der Waals surface area contributed by atoms with Gasteiger partial charge in [0.25, 0.3) is 11.7 Å². The fourth-order valence-electron chi connectivity index (χ4n) is 6.97. The van der Waals surface area contributed by atoms with Crippen LogP contribution in [0.15, 0.2) is 115 Å². The number of fused-ring (bicyclic) bond motifs is 4. The van der Waals surface area contributed by atoms with Crippen molar-refractivity contribution in [1.29, 1.82) is 0 Å². The van der Waals surface area contributed by atoms with Gasteiger partial charge < -0.3 is 39.9 Å². The Labute approximate surface area is 334 Å². The molecule has 0 aliphatic heterocycles. The van der Waals surface area contributed by atoms with E-state index in [2.05, 4.69) is 9.30 Å². The normalized spacial score (nSPS) is 10.7. The van der Waals surface area contributed by atoms with Crippen molar-refractivity contribution in [1.82, 2.24) is 9.13 Å². The summed E-state index contributed by atoms with van der Waals surface area (Å²) < 4.78 is 19.8. The molecule has 0 bridgehead atoms. The molecule has 0 saturated heterocycles. The van der Waals surface area contributed by atoms with E-state index in [4.69, 9.17) is 26.0 Å². The summed E-state index contributed by atoms with van der Waals surface area (Å²) in [5.41, 5.74) is 16.8. The molecule has 0 atom stereocenters. The van der Waals surface area contributed by atoms with Gasteiger partial charge in [0.05, 0.1) is 40.0 Å². The van der Waals surface area contributed by atoms with Crippen LogP contribution in [-0.2, 0) is 38.6 Å². The number of rotatable bonds is 14. The lowest BCUT2D eigenvalue weighted by atomic mass is 10.0. The number of hydrogen-bond donors (Lipinski definition) is 3. The van der Waals surface area contributed by atoms with Crippen LogP contribution in [0.5, 0.6) is 11.5 Å². The van der Waals surface area contributed by atoms with Gasteiger partial charge in [0.15, 0.2) is 13.2 Å². The van der Waals surface area contributed by atoms with Gasteiger partial charge in [-0.2, -0.15) is 0 Å². The molecule has 5 N–H and O–H groups in total. The number of aliphatic carboxylic acids is 1. The number of methoxy groups -OCH3 is 1. The predicted octanol–water partition coefficient (Wildman–Crippen LogP) is 6.51. The molecule has 0 saturated carbocycles. The zero-order chi connectivity index (χ0) is 40.6. The summed E-state index contributed by atoms with van der Waals surface area (Å²) >= 11 is 0. The number of carboxylic acids is 1. The number of Topliss-reactive ketones (excluding diaryl/α,β-unsaturated/α-hetero) is 1. The van der Waals surface area contributed by atoms with Crippen LogP contribution < -0.4 is 20.9 Å². The van der Waals surface area contributed by atoms with Crippen molar-refractivity contribution in [3.05, 3.63) is 143 Å². The van der Waals surface area contributed by atoms with Gasteiger partial charge >= 0.3 is 11.9 Å². The van der Waals surface area contributed by atoms with E-state index in [1.807, 2.05) is 96.4 Å². The third-order valence-electron chi connectivity index (χ3n) is 9.38. The van der Waals surface area contributed by atoms with Gasteiger partial charge in [-0.3, -0.25) is 14.4 Å². The summed E-state index contributed by atoms with van der Waals surface area (Å²) in [6, 6.07) is 35.8. The van der Waals surface area contributed by atoms with Gasteiger partial charge in [-0.05, 0) is 53.9 Å². The number of nitrogens with zero attached hydrogens (tertiary/aromatic N) is 2. The summed E-state index contributed by atoms with van der Waals surface area (Å²) in [6.45, 7) is 2.22. The van der Waals surface area contributed by atoms with Crippen molar-refractivity contribution in [2.24, 2.45) is 11.5 Å². The maximum atomic E-state index is 12.7.